The molecule has 0 aliphatic heterocycles. The third kappa shape index (κ3) is 3.95. The summed E-state index contributed by atoms with van der Waals surface area (Å²) >= 11 is 0. The van der Waals surface area contributed by atoms with Crippen LogP contribution in [0.3, 0.4) is 0 Å². The van der Waals surface area contributed by atoms with Gasteiger partial charge in [-0.2, -0.15) is 0 Å². The van der Waals surface area contributed by atoms with E-state index < -0.39 is 0 Å². The van der Waals surface area contributed by atoms with Gasteiger partial charge in [0.05, 0.1) is 0 Å². The van der Waals surface area contributed by atoms with Crippen LogP contribution in [0.4, 0.5) is 0 Å². The van der Waals surface area contributed by atoms with Gasteiger partial charge in [-0.25, -0.2) is 0 Å². The fraction of sp³-hybridized carbons (Fsp3) is 0.400. The Hall–Kier alpha value is -1.60. The first kappa shape index (κ1) is 15.8. The van der Waals surface area contributed by atoms with Gasteiger partial charge in [0.25, 0.3) is 0 Å². The third-order valence-electron chi connectivity index (χ3n) is 4.27. The predicted octanol–water partition coefficient (Wildman–Crippen LogP) is 5.29. The van der Waals surface area contributed by atoms with Crippen LogP contribution in [0, 0.1) is 6.92 Å². The maximum absolute atomic E-state index is 3.38. The summed E-state index contributed by atoms with van der Waals surface area (Å²) in [5.41, 5.74) is 6.79. The first-order valence-electron chi connectivity index (χ1n) is 8.06. The molecule has 2 aromatic rings. The number of aryl methyl sites for hydroxylation is 1. The van der Waals surface area contributed by atoms with Crippen molar-refractivity contribution in [3.63, 3.8) is 0 Å². The maximum Gasteiger partial charge on any atom is 0.0205 e. The topological polar surface area (TPSA) is 12.0 Å². The molecule has 0 fully saturated rings. The van der Waals surface area contributed by atoms with Gasteiger partial charge in [-0.3, -0.25) is 0 Å². The van der Waals surface area contributed by atoms with Gasteiger partial charge in [0.2, 0.25) is 0 Å². The van der Waals surface area contributed by atoms with Crippen LogP contribution in [-0.4, -0.2) is 6.54 Å². The van der Waals surface area contributed by atoms with Gasteiger partial charge in [0.15, 0.2) is 0 Å². The van der Waals surface area contributed by atoms with Gasteiger partial charge in [0.1, 0.15) is 0 Å². The van der Waals surface area contributed by atoms with E-state index in [4.69, 9.17) is 0 Å². The van der Waals surface area contributed by atoms with Crippen molar-refractivity contribution >= 4 is 0 Å². The highest BCUT2D eigenvalue weighted by atomic mass is 14.8. The molecule has 0 spiro atoms. The molecule has 112 valence electrons. The van der Waals surface area contributed by atoms with E-state index in [1.807, 2.05) is 0 Å². The quantitative estimate of drug-likeness (QED) is 0.759. The largest absolute Gasteiger partial charge is 0.313 e. The van der Waals surface area contributed by atoms with Gasteiger partial charge in [-0.1, -0.05) is 63.2 Å². The van der Waals surface area contributed by atoms with Crippen molar-refractivity contribution in [2.45, 2.75) is 46.6 Å². The lowest BCUT2D eigenvalue weighted by atomic mass is 9.94. The van der Waals surface area contributed by atoms with Crippen molar-refractivity contribution in [1.82, 2.24) is 5.32 Å². The minimum Gasteiger partial charge on any atom is -0.313 e. The first-order valence-corrected chi connectivity index (χ1v) is 8.06. The highest BCUT2D eigenvalue weighted by molar-refractivity contribution is 5.67. The van der Waals surface area contributed by atoms with Gasteiger partial charge in [-0.15, -0.1) is 0 Å². The van der Waals surface area contributed by atoms with E-state index in [9.17, 15) is 0 Å². The Morgan fingerprint density at radius 3 is 2.29 bits per heavy atom. The second-order valence-electron chi connectivity index (χ2n) is 5.86. The average molecular weight is 281 g/mol. The summed E-state index contributed by atoms with van der Waals surface area (Å²) in [5, 5.41) is 3.38. The van der Waals surface area contributed by atoms with Crippen LogP contribution in [0.25, 0.3) is 11.1 Å². The Kier molecular flexibility index (Phi) is 5.58. The summed E-state index contributed by atoms with van der Waals surface area (Å²) in [7, 11) is 0. The molecule has 1 atom stereocenters. The Morgan fingerprint density at radius 2 is 1.71 bits per heavy atom. The predicted molar refractivity (Wildman–Crippen MR) is 92.7 cm³/mol. The smallest absolute Gasteiger partial charge is 0.0205 e. The lowest BCUT2D eigenvalue weighted by Crippen LogP contribution is -2.11. The molecule has 21 heavy (non-hydrogen) atoms. The van der Waals surface area contributed by atoms with Gasteiger partial charge in [0, 0.05) is 6.54 Å². The molecule has 1 unspecified atom stereocenters. The zero-order valence-electron chi connectivity index (χ0n) is 13.7. The lowest BCUT2D eigenvalue weighted by Gasteiger charge is -2.12. The molecule has 0 aromatic heterocycles. The van der Waals surface area contributed by atoms with Crippen molar-refractivity contribution in [3.8, 4) is 11.1 Å². The number of nitrogens with one attached hydrogen (secondary N) is 1. The second-order valence-corrected chi connectivity index (χ2v) is 5.86. The van der Waals surface area contributed by atoms with E-state index in [-0.39, 0.29) is 0 Å². The molecule has 0 aliphatic carbocycles. The molecule has 0 bridgehead atoms. The Labute approximate surface area is 129 Å². The minimum atomic E-state index is 0.641. The molecule has 1 heteroatoms. The molecule has 2 rings (SSSR count). The van der Waals surface area contributed by atoms with Crippen molar-refractivity contribution in [2.75, 3.05) is 6.54 Å². The highest BCUT2D eigenvalue weighted by Crippen LogP contribution is 2.27. The van der Waals surface area contributed by atoms with Crippen LogP contribution in [0.2, 0.25) is 0 Å². The molecule has 0 amide bonds. The van der Waals surface area contributed by atoms with E-state index in [2.05, 4.69) is 75.5 Å². The highest BCUT2D eigenvalue weighted by Gasteiger charge is 2.06. The average Bonchev–Trinajstić information content (AvgIpc) is 2.52. The van der Waals surface area contributed by atoms with Gasteiger partial charge < -0.3 is 5.32 Å². The molecule has 0 aliphatic rings. The van der Waals surface area contributed by atoms with Crippen LogP contribution >= 0.6 is 0 Å². The van der Waals surface area contributed by atoms with Crippen molar-refractivity contribution in [1.29, 1.82) is 0 Å². The molecule has 1 N–H and O–H groups in total. The Morgan fingerprint density at radius 1 is 1.00 bits per heavy atom. The summed E-state index contributed by atoms with van der Waals surface area (Å²) in [4.78, 5) is 0. The number of rotatable bonds is 6. The summed E-state index contributed by atoms with van der Waals surface area (Å²) < 4.78 is 0. The zero-order chi connectivity index (χ0) is 15.2. The van der Waals surface area contributed by atoms with Crippen molar-refractivity contribution < 1.29 is 0 Å². The minimum absolute atomic E-state index is 0.641. The van der Waals surface area contributed by atoms with Gasteiger partial charge in [-0.05, 0) is 53.6 Å². The van der Waals surface area contributed by atoms with E-state index in [1.54, 1.807) is 0 Å². The van der Waals surface area contributed by atoms with Crippen LogP contribution in [0.1, 0.15) is 49.8 Å². The Bertz CT molecular complexity index is 569. The standard InChI is InChI=1S/C20H27N/c1-5-15(3)18-8-10-19(11-9-18)20-12-7-17(13-16(20)4)14-21-6-2/h7-13,15,21H,5-6,14H2,1-4H3. The Balaban J connectivity index is 2.21. The monoisotopic (exact) mass is 281 g/mol. The summed E-state index contributed by atoms with van der Waals surface area (Å²) in [6, 6.07) is 15.8. The fourth-order valence-corrected chi connectivity index (χ4v) is 2.66. The van der Waals surface area contributed by atoms with E-state index in [0.717, 1.165) is 13.1 Å². The lowest BCUT2D eigenvalue weighted by molar-refractivity contribution is 0.726. The number of hydrogen-bond acceptors (Lipinski definition) is 1. The summed E-state index contributed by atoms with van der Waals surface area (Å²) in [6.45, 7) is 10.8. The van der Waals surface area contributed by atoms with E-state index in [0.29, 0.717) is 5.92 Å². The zero-order valence-corrected chi connectivity index (χ0v) is 13.7. The molecular weight excluding hydrogens is 254 g/mol. The van der Waals surface area contributed by atoms with Crippen LogP contribution < -0.4 is 5.32 Å². The van der Waals surface area contributed by atoms with Gasteiger partial charge >= 0.3 is 0 Å². The maximum atomic E-state index is 3.38. The van der Waals surface area contributed by atoms with Crippen molar-refractivity contribution in [2.24, 2.45) is 0 Å². The number of benzene rings is 2. The van der Waals surface area contributed by atoms with E-state index in [1.165, 1.54) is 34.2 Å². The molecule has 0 heterocycles. The molecule has 1 nitrogen and oxygen atoms in total. The molecule has 0 radical (unpaired) electrons. The summed E-state index contributed by atoms with van der Waals surface area (Å²) in [6.07, 6.45) is 1.19. The van der Waals surface area contributed by atoms with Crippen LogP contribution in [0.5, 0.6) is 0 Å². The fourth-order valence-electron chi connectivity index (χ4n) is 2.66. The third-order valence-corrected chi connectivity index (χ3v) is 4.27. The molecule has 2 aromatic carbocycles. The van der Waals surface area contributed by atoms with Crippen LogP contribution in [0.15, 0.2) is 42.5 Å². The van der Waals surface area contributed by atoms with Crippen LogP contribution in [-0.2, 0) is 6.54 Å². The normalized spacial score (nSPS) is 12.4. The van der Waals surface area contributed by atoms with Crippen molar-refractivity contribution in [3.05, 3.63) is 59.2 Å². The SMILES string of the molecule is CCNCc1ccc(-c2ccc(C(C)CC)cc2)c(C)c1. The van der Waals surface area contributed by atoms with E-state index >= 15 is 0 Å². The first-order chi connectivity index (χ1) is 10.2. The molecule has 0 saturated heterocycles. The molecular formula is C20H27N. The summed E-state index contributed by atoms with van der Waals surface area (Å²) in [5.74, 6) is 0.641. The number of hydrogen-bond donors (Lipinski definition) is 1. The second kappa shape index (κ2) is 7.42. The molecule has 0 saturated carbocycles.